The Balaban J connectivity index is 1.23. The molecule has 5 heteroatoms. The average molecular weight is 627 g/mol. The van der Waals surface area contributed by atoms with Crippen LogP contribution < -0.4 is 0 Å². The predicted octanol–water partition coefficient (Wildman–Crippen LogP) is 11.3. The largest absolute Gasteiger partial charge is 0.438 e. The minimum atomic E-state index is 0.610. The molecule has 0 saturated heterocycles. The zero-order valence-corrected chi connectivity index (χ0v) is 26.2. The lowest BCUT2D eigenvalue weighted by Crippen LogP contribution is -2.00. The highest BCUT2D eigenvalue weighted by molar-refractivity contribution is 6.15. The number of fused-ring (bicyclic) bond motifs is 6. The van der Waals surface area contributed by atoms with Gasteiger partial charge in [0.2, 0.25) is 5.71 Å². The Bertz CT molecular complexity index is 2810. The lowest BCUT2D eigenvalue weighted by molar-refractivity contribution is 0.654. The SMILES string of the molecule is c1ccc2cc(-c3nc(-c4ccc5ccccc5c4)nc(-c4cc(-c5cccc6oc7ncccc7c56)c5ccccc5c4)n3)ccc2c1. The Morgan fingerprint density at radius 1 is 0.388 bits per heavy atom. The van der Waals surface area contributed by atoms with Crippen LogP contribution in [0.15, 0.2) is 162 Å². The van der Waals surface area contributed by atoms with E-state index in [-0.39, 0.29) is 0 Å². The van der Waals surface area contributed by atoms with Gasteiger partial charge in [-0.05, 0) is 85.9 Å². The van der Waals surface area contributed by atoms with Gasteiger partial charge in [-0.1, -0.05) is 109 Å². The molecule has 10 aromatic rings. The molecule has 3 heterocycles. The van der Waals surface area contributed by atoms with Crippen LogP contribution in [0.5, 0.6) is 0 Å². The van der Waals surface area contributed by atoms with Crippen LogP contribution in [-0.4, -0.2) is 19.9 Å². The van der Waals surface area contributed by atoms with Crippen molar-refractivity contribution in [3.05, 3.63) is 158 Å². The van der Waals surface area contributed by atoms with Crippen LogP contribution in [0.4, 0.5) is 0 Å². The Morgan fingerprint density at radius 3 is 1.65 bits per heavy atom. The molecule has 0 N–H and O–H groups in total. The van der Waals surface area contributed by atoms with Crippen LogP contribution in [-0.2, 0) is 0 Å². The fraction of sp³-hybridized carbons (Fsp3) is 0. The molecule has 0 unspecified atom stereocenters. The van der Waals surface area contributed by atoms with Gasteiger partial charge in [0.15, 0.2) is 17.5 Å². The highest BCUT2D eigenvalue weighted by Gasteiger charge is 2.18. The first kappa shape index (κ1) is 27.4. The summed E-state index contributed by atoms with van der Waals surface area (Å²) in [5.41, 5.74) is 6.36. The van der Waals surface area contributed by atoms with E-state index in [9.17, 15) is 0 Å². The van der Waals surface area contributed by atoms with E-state index in [4.69, 9.17) is 19.4 Å². The Hall–Kier alpha value is -6.72. The molecule has 0 saturated carbocycles. The Kier molecular flexibility index (Phi) is 6.11. The van der Waals surface area contributed by atoms with Gasteiger partial charge in [-0.2, -0.15) is 0 Å². The van der Waals surface area contributed by atoms with Crippen LogP contribution in [0.25, 0.3) is 99.7 Å². The molecule has 0 aliphatic rings. The first-order valence-electron chi connectivity index (χ1n) is 16.3. The highest BCUT2D eigenvalue weighted by atomic mass is 16.3. The Morgan fingerprint density at radius 2 is 0.959 bits per heavy atom. The van der Waals surface area contributed by atoms with Gasteiger partial charge >= 0.3 is 0 Å². The molecule has 0 radical (unpaired) electrons. The normalized spacial score (nSPS) is 11.7. The third kappa shape index (κ3) is 4.63. The lowest BCUT2D eigenvalue weighted by Gasteiger charge is -2.13. The summed E-state index contributed by atoms with van der Waals surface area (Å²) in [5.74, 6) is 1.87. The number of nitrogens with zero attached hydrogens (tertiary/aromatic N) is 4. The summed E-state index contributed by atoms with van der Waals surface area (Å²) in [4.78, 5) is 19.9. The summed E-state index contributed by atoms with van der Waals surface area (Å²) in [6, 6.07) is 52.5. The molecule has 3 aromatic heterocycles. The number of hydrogen-bond donors (Lipinski definition) is 0. The van der Waals surface area contributed by atoms with E-state index >= 15 is 0 Å². The maximum atomic E-state index is 6.19. The smallest absolute Gasteiger partial charge is 0.227 e. The van der Waals surface area contributed by atoms with Gasteiger partial charge in [0.05, 0.1) is 0 Å². The first-order chi connectivity index (χ1) is 24.2. The van der Waals surface area contributed by atoms with E-state index < -0.39 is 0 Å². The van der Waals surface area contributed by atoms with Crippen LogP contribution in [0.3, 0.4) is 0 Å². The van der Waals surface area contributed by atoms with Gasteiger partial charge in [-0.15, -0.1) is 0 Å². The van der Waals surface area contributed by atoms with Crippen molar-refractivity contribution in [3.8, 4) is 45.3 Å². The van der Waals surface area contributed by atoms with E-state index in [2.05, 4.69) is 138 Å². The number of benzene rings is 7. The highest BCUT2D eigenvalue weighted by Crippen LogP contribution is 2.41. The second-order valence-corrected chi connectivity index (χ2v) is 12.3. The third-order valence-electron chi connectivity index (χ3n) is 9.33. The molecule has 5 nitrogen and oxygen atoms in total. The maximum Gasteiger partial charge on any atom is 0.227 e. The third-order valence-corrected chi connectivity index (χ3v) is 9.33. The summed E-state index contributed by atoms with van der Waals surface area (Å²) in [6.07, 6.45) is 1.77. The fourth-order valence-corrected chi connectivity index (χ4v) is 6.97. The van der Waals surface area contributed by atoms with Crippen LogP contribution in [0, 0.1) is 0 Å². The van der Waals surface area contributed by atoms with Crippen molar-refractivity contribution in [2.75, 3.05) is 0 Å². The summed E-state index contributed by atoms with van der Waals surface area (Å²) in [5, 5.41) is 8.87. The molecule has 0 aliphatic carbocycles. The molecule has 0 fully saturated rings. The van der Waals surface area contributed by atoms with Gasteiger partial charge in [-0.3, -0.25) is 0 Å². The second-order valence-electron chi connectivity index (χ2n) is 12.3. The molecule has 49 heavy (non-hydrogen) atoms. The van der Waals surface area contributed by atoms with Crippen molar-refractivity contribution in [3.63, 3.8) is 0 Å². The van der Waals surface area contributed by atoms with Crippen molar-refractivity contribution in [2.45, 2.75) is 0 Å². The topological polar surface area (TPSA) is 64.7 Å². The van der Waals surface area contributed by atoms with Crippen LogP contribution >= 0.6 is 0 Å². The molecule has 0 aliphatic heterocycles. The van der Waals surface area contributed by atoms with Crippen molar-refractivity contribution in [1.82, 2.24) is 19.9 Å². The lowest BCUT2D eigenvalue weighted by atomic mass is 9.92. The van der Waals surface area contributed by atoms with Crippen molar-refractivity contribution in [1.29, 1.82) is 0 Å². The van der Waals surface area contributed by atoms with Gasteiger partial charge in [0, 0.05) is 33.7 Å². The molecule has 10 rings (SSSR count). The molecule has 228 valence electrons. The molecule has 0 bridgehead atoms. The number of aromatic nitrogens is 4. The number of pyridine rings is 1. The molecule has 7 aromatic carbocycles. The molecular formula is C44H26N4O. The van der Waals surface area contributed by atoms with Crippen LogP contribution in [0.2, 0.25) is 0 Å². The first-order valence-corrected chi connectivity index (χ1v) is 16.3. The summed E-state index contributed by atoms with van der Waals surface area (Å²) >= 11 is 0. The average Bonchev–Trinajstić information content (AvgIpc) is 3.56. The van der Waals surface area contributed by atoms with Crippen LogP contribution in [0.1, 0.15) is 0 Å². The number of hydrogen-bond acceptors (Lipinski definition) is 5. The summed E-state index contributed by atoms with van der Waals surface area (Å²) in [7, 11) is 0. The number of rotatable bonds is 4. The minimum Gasteiger partial charge on any atom is -0.438 e. The molecule has 0 atom stereocenters. The fourth-order valence-electron chi connectivity index (χ4n) is 6.97. The standard InChI is InChI=1S/C44H26N4O/c1-3-11-29-23-32(20-18-27(29)9-1)41-46-42(33-21-19-28-10-2-4-12-30(28)24-33)48-43(47-41)34-25-31-13-5-6-14-35(31)38(26-34)36-15-7-17-39-40(36)37-16-8-22-45-44(37)49-39/h1-26H. The zero-order valence-electron chi connectivity index (χ0n) is 26.2. The van der Waals surface area contributed by atoms with E-state index in [0.29, 0.717) is 23.2 Å². The minimum absolute atomic E-state index is 0.610. The molecule has 0 spiro atoms. The van der Waals surface area contributed by atoms with Gasteiger partial charge < -0.3 is 4.42 Å². The van der Waals surface area contributed by atoms with Crippen molar-refractivity contribution < 1.29 is 4.42 Å². The molecular weight excluding hydrogens is 601 g/mol. The van der Waals surface area contributed by atoms with E-state index in [1.807, 2.05) is 18.2 Å². The van der Waals surface area contributed by atoms with Gasteiger partial charge in [0.25, 0.3) is 0 Å². The van der Waals surface area contributed by atoms with Crippen molar-refractivity contribution in [2.24, 2.45) is 0 Å². The summed E-state index contributed by atoms with van der Waals surface area (Å²) < 4.78 is 6.19. The quantitative estimate of drug-likeness (QED) is 0.194. The predicted molar refractivity (Wildman–Crippen MR) is 199 cm³/mol. The van der Waals surface area contributed by atoms with E-state index in [1.54, 1.807) is 6.20 Å². The second kappa shape index (κ2) is 10.9. The van der Waals surface area contributed by atoms with E-state index in [1.165, 1.54) is 10.8 Å². The number of furan rings is 1. The maximum absolute atomic E-state index is 6.19. The Labute approximate surface area is 281 Å². The van der Waals surface area contributed by atoms with Gasteiger partial charge in [-0.25, -0.2) is 19.9 Å². The van der Waals surface area contributed by atoms with Crippen molar-refractivity contribution >= 4 is 54.4 Å². The van der Waals surface area contributed by atoms with Gasteiger partial charge in [0.1, 0.15) is 5.58 Å². The summed E-state index contributed by atoms with van der Waals surface area (Å²) in [6.45, 7) is 0. The monoisotopic (exact) mass is 626 g/mol. The zero-order chi connectivity index (χ0) is 32.3. The molecule has 0 amide bonds. The van der Waals surface area contributed by atoms with E-state index in [0.717, 1.165) is 65.7 Å².